The molecule has 1 aromatic heterocycles. The summed E-state index contributed by atoms with van der Waals surface area (Å²) in [6.45, 7) is 7.40. The third-order valence-corrected chi connectivity index (χ3v) is 16.9. The van der Waals surface area contributed by atoms with Crippen LogP contribution in [-0.2, 0) is 11.8 Å². The van der Waals surface area contributed by atoms with Crippen LogP contribution in [0.25, 0.3) is 94.0 Å². The van der Waals surface area contributed by atoms with Crippen LogP contribution in [0.4, 0.5) is 5.69 Å². The third-order valence-electron chi connectivity index (χ3n) is 16.9. The Labute approximate surface area is 396 Å². The smallest absolute Gasteiger partial charge is 0.134 e. The summed E-state index contributed by atoms with van der Waals surface area (Å²) in [7, 11) is 0. The second-order valence-corrected chi connectivity index (χ2v) is 20.8. The number of nitrogens with zero attached hydrogens (tertiary/aromatic N) is 1. The minimum atomic E-state index is -0.225. The van der Waals surface area contributed by atoms with Crippen molar-refractivity contribution in [1.29, 1.82) is 0 Å². The van der Waals surface area contributed by atoms with Crippen molar-refractivity contribution < 1.29 is 4.42 Å². The van der Waals surface area contributed by atoms with Crippen LogP contribution in [0.15, 0.2) is 192 Å². The standard InChI is InChI=1S/C66H49NO/c1-65(2)55-34-29-39(37-54(55)52-32-31-51-44-21-8-7-19-42(44)43-20-9-10-23-46(43)61(51)62(52)65)59-47-24-11-13-26-49(47)60(50-27-14-12-25-48(50)59)40-30-36-58-66(3,38-40)63-56(67(58)41-17-5-4-6-18-41)35-33-53-45-22-15-16-28-57(45)68-64(53)63/h4-13,15-26,28-37,56,63H,14,27,38H2,1-3H3. The van der Waals surface area contributed by atoms with E-state index in [1.54, 1.807) is 0 Å². The Balaban J connectivity index is 0.920. The van der Waals surface area contributed by atoms with Gasteiger partial charge in [-0.3, -0.25) is 0 Å². The molecule has 0 radical (unpaired) electrons. The molecule has 2 nitrogen and oxygen atoms in total. The fraction of sp³-hybridized carbons (Fsp3) is 0.152. The first-order valence-corrected chi connectivity index (χ1v) is 24.6. The zero-order chi connectivity index (χ0) is 45.0. The Bertz CT molecular complexity index is 3970. The van der Waals surface area contributed by atoms with E-state index in [0.717, 1.165) is 30.6 Å². The predicted octanol–water partition coefficient (Wildman–Crippen LogP) is 17.4. The second kappa shape index (κ2) is 13.7. The van der Waals surface area contributed by atoms with Gasteiger partial charge in [0.15, 0.2) is 0 Å². The van der Waals surface area contributed by atoms with Gasteiger partial charge in [0.25, 0.3) is 0 Å². The number of para-hydroxylation sites is 2. The van der Waals surface area contributed by atoms with E-state index in [1.807, 2.05) is 0 Å². The number of anilines is 1. The van der Waals surface area contributed by atoms with Gasteiger partial charge in [0, 0.05) is 33.2 Å². The zero-order valence-corrected chi connectivity index (χ0v) is 38.6. The third kappa shape index (κ3) is 4.97. The van der Waals surface area contributed by atoms with Crippen LogP contribution in [0.1, 0.15) is 78.7 Å². The van der Waals surface area contributed by atoms with Gasteiger partial charge in [-0.25, -0.2) is 0 Å². The minimum Gasteiger partial charge on any atom is -0.460 e. The van der Waals surface area contributed by atoms with Gasteiger partial charge >= 0.3 is 0 Å². The summed E-state index contributed by atoms with van der Waals surface area (Å²) >= 11 is 0. The minimum absolute atomic E-state index is 0.136. The van der Waals surface area contributed by atoms with Crippen LogP contribution in [0.5, 0.6) is 0 Å². The lowest BCUT2D eigenvalue weighted by molar-refractivity contribution is 0.312. The van der Waals surface area contributed by atoms with Crippen LogP contribution >= 0.6 is 0 Å². The fourth-order valence-electron chi connectivity index (χ4n) is 14.2. The maximum atomic E-state index is 6.96. The molecule has 2 heteroatoms. The highest BCUT2D eigenvalue weighted by molar-refractivity contribution is 6.27. The number of allylic oxidation sites excluding steroid dienone is 5. The van der Waals surface area contributed by atoms with E-state index >= 15 is 0 Å². The van der Waals surface area contributed by atoms with Crippen LogP contribution in [0, 0.1) is 5.41 Å². The van der Waals surface area contributed by atoms with E-state index in [0.29, 0.717) is 0 Å². The predicted molar refractivity (Wildman–Crippen MR) is 286 cm³/mol. The molecule has 10 aromatic rings. The largest absolute Gasteiger partial charge is 0.460 e. The van der Waals surface area contributed by atoms with Gasteiger partial charge in [-0.05, 0) is 148 Å². The van der Waals surface area contributed by atoms with Gasteiger partial charge in [0.1, 0.15) is 11.3 Å². The molecule has 5 aliphatic rings. The molecule has 15 rings (SSSR count). The monoisotopic (exact) mass is 871 g/mol. The quantitative estimate of drug-likeness (QED) is 0.165. The molecule has 1 aliphatic heterocycles. The van der Waals surface area contributed by atoms with E-state index in [-0.39, 0.29) is 22.8 Å². The Hall–Kier alpha value is -7.68. The maximum Gasteiger partial charge on any atom is 0.134 e. The summed E-state index contributed by atoms with van der Waals surface area (Å²) in [6, 6.07) is 59.2. The summed E-state index contributed by atoms with van der Waals surface area (Å²) in [6.07, 6.45) is 17.5. The van der Waals surface area contributed by atoms with Crippen molar-refractivity contribution in [2.45, 2.75) is 57.4 Å². The van der Waals surface area contributed by atoms with Gasteiger partial charge in [0.2, 0.25) is 0 Å². The Morgan fingerprint density at radius 2 is 1.24 bits per heavy atom. The first-order chi connectivity index (χ1) is 33.4. The molecule has 4 aliphatic carbocycles. The highest BCUT2D eigenvalue weighted by Gasteiger charge is 2.57. The SMILES string of the molecule is CC1(C)c2ccc(-c3c4c(c(C5=CC=C6N(c7ccccc7)C7C=Cc8c(oc9ccccc89)C7C6(C)C5)c5ccccc35)CCC=C4)cc2-c2ccc3c4ccccc4c4ccccc4c3c21. The first kappa shape index (κ1) is 38.4. The molecule has 0 amide bonds. The molecule has 0 bridgehead atoms. The average Bonchev–Trinajstić information content (AvgIpc) is 3.97. The van der Waals surface area contributed by atoms with E-state index in [4.69, 9.17) is 4.42 Å². The van der Waals surface area contributed by atoms with Crippen molar-refractivity contribution in [3.8, 4) is 22.3 Å². The summed E-state index contributed by atoms with van der Waals surface area (Å²) in [5.41, 5.74) is 18.3. The number of hydrogen-bond acceptors (Lipinski definition) is 2. The topological polar surface area (TPSA) is 16.4 Å². The molecule has 1 fully saturated rings. The molecule has 0 spiro atoms. The normalized spacial score (nSPS) is 20.6. The Morgan fingerprint density at radius 3 is 2.01 bits per heavy atom. The van der Waals surface area contributed by atoms with Gasteiger partial charge in [-0.15, -0.1) is 0 Å². The lowest BCUT2D eigenvalue weighted by Crippen LogP contribution is -2.31. The number of benzene rings is 9. The Morgan fingerprint density at radius 1 is 0.574 bits per heavy atom. The van der Waals surface area contributed by atoms with E-state index in [9.17, 15) is 0 Å². The summed E-state index contributed by atoms with van der Waals surface area (Å²) in [5.74, 6) is 1.26. The average molecular weight is 872 g/mol. The van der Waals surface area contributed by atoms with Crippen molar-refractivity contribution in [2.75, 3.05) is 4.90 Å². The summed E-state index contributed by atoms with van der Waals surface area (Å²) in [4.78, 5) is 2.60. The summed E-state index contributed by atoms with van der Waals surface area (Å²) in [5, 5.41) is 11.9. The molecule has 9 aromatic carbocycles. The first-order valence-electron chi connectivity index (χ1n) is 24.6. The molecule has 3 unspecified atom stereocenters. The molecular weight excluding hydrogens is 823 g/mol. The maximum absolute atomic E-state index is 6.96. The highest BCUT2D eigenvalue weighted by Crippen LogP contribution is 2.64. The van der Waals surface area contributed by atoms with Crippen molar-refractivity contribution in [3.63, 3.8) is 0 Å². The summed E-state index contributed by atoms with van der Waals surface area (Å²) < 4.78 is 6.96. The molecule has 0 N–H and O–H groups in total. The van der Waals surface area contributed by atoms with Crippen molar-refractivity contribution in [3.05, 3.63) is 227 Å². The molecule has 3 atom stereocenters. The number of fused-ring (bicyclic) bond motifs is 19. The van der Waals surface area contributed by atoms with Crippen molar-refractivity contribution in [2.24, 2.45) is 5.41 Å². The molecular formula is C66H49NO. The van der Waals surface area contributed by atoms with E-state index in [2.05, 4.69) is 220 Å². The molecule has 0 saturated carbocycles. The number of hydrogen-bond donors (Lipinski definition) is 0. The fourth-order valence-corrected chi connectivity index (χ4v) is 14.2. The van der Waals surface area contributed by atoms with Gasteiger partial charge < -0.3 is 9.32 Å². The van der Waals surface area contributed by atoms with Crippen LogP contribution < -0.4 is 4.90 Å². The van der Waals surface area contributed by atoms with Crippen LogP contribution in [-0.4, -0.2) is 6.04 Å². The molecule has 324 valence electrons. The highest BCUT2D eigenvalue weighted by atomic mass is 16.3. The van der Waals surface area contributed by atoms with Gasteiger partial charge in [-0.2, -0.15) is 0 Å². The van der Waals surface area contributed by atoms with Crippen LogP contribution in [0.3, 0.4) is 0 Å². The van der Waals surface area contributed by atoms with Crippen molar-refractivity contribution in [1.82, 2.24) is 0 Å². The van der Waals surface area contributed by atoms with Crippen molar-refractivity contribution >= 4 is 77.5 Å². The molecule has 1 saturated heterocycles. The second-order valence-electron chi connectivity index (χ2n) is 20.8. The lowest BCUT2D eigenvalue weighted by Gasteiger charge is -2.37. The van der Waals surface area contributed by atoms with Gasteiger partial charge in [0.05, 0.1) is 12.0 Å². The van der Waals surface area contributed by atoms with Crippen LogP contribution in [0.2, 0.25) is 0 Å². The lowest BCUT2D eigenvalue weighted by atomic mass is 9.65. The van der Waals surface area contributed by atoms with E-state index in [1.165, 1.54) is 121 Å². The molecule has 68 heavy (non-hydrogen) atoms. The number of rotatable bonds is 3. The Kier molecular flexibility index (Phi) is 7.75. The zero-order valence-electron chi connectivity index (χ0n) is 38.6. The van der Waals surface area contributed by atoms with E-state index < -0.39 is 0 Å². The van der Waals surface area contributed by atoms with Gasteiger partial charge in [-0.1, -0.05) is 185 Å². The molecule has 2 heterocycles. The number of furan rings is 1.